The predicted octanol–water partition coefficient (Wildman–Crippen LogP) is 0.988. The van der Waals surface area contributed by atoms with Crippen LogP contribution in [-0.4, -0.2) is 59.9 Å². The molecule has 2 rings (SSSR count). The van der Waals surface area contributed by atoms with Gasteiger partial charge >= 0.3 is 0 Å². The van der Waals surface area contributed by atoms with Crippen molar-refractivity contribution in [2.75, 3.05) is 26.2 Å². The van der Waals surface area contributed by atoms with E-state index in [1.165, 1.54) is 19.3 Å². The zero-order valence-electron chi connectivity index (χ0n) is 12.7. The van der Waals surface area contributed by atoms with Crippen molar-refractivity contribution in [3.63, 3.8) is 0 Å². The molecular formula is C15H27N3O2. The lowest BCUT2D eigenvalue weighted by Gasteiger charge is -2.29. The normalized spacial score (nSPS) is 24.4. The summed E-state index contributed by atoms with van der Waals surface area (Å²) in [5, 5.41) is 3.00. The second kappa shape index (κ2) is 7.07. The van der Waals surface area contributed by atoms with E-state index in [-0.39, 0.29) is 23.9 Å². The second-order valence-corrected chi connectivity index (χ2v) is 6.14. The van der Waals surface area contributed by atoms with E-state index in [0.717, 1.165) is 19.6 Å². The Hall–Kier alpha value is -1.10. The summed E-state index contributed by atoms with van der Waals surface area (Å²) in [6.45, 7) is 7.85. The molecule has 114 valence electrons. The van der Waals surface area contributed by atoms with Crippen LogP contribution in [0.3, 0.4) is 0 Å². The third-order valence-electron chi connectivity index (χ3n) is 4.29. The highest BCUT2D eigenvalue weighted by molar-refractivity contribution is 5.91. The molecule has 1 unspecified atom stereocenters. The molecule has 1 N–H and O–H groups in total. The van der Waals surface area contributed by atoms with E-state index in [9.17, 15) is 9.59 Å². The Morgan fingerprint density at radius 3 is 2.65 bits per heavy atom. The van der Waals surface area contributed by atoms with Gasteiger partial charge in [-0.05, 0) is 46.2 Å². The number of hydrogen-bond acceptors (Lipinski definition) is 3. The van der Waals surface area contributed by atoms with E-state index in [1.807, 2.05) is 13.8 Å². The molecule has 0 aliphatic carbocycles. The number of piperidine rings is 1. The molecule has 2 aliphatic rings. The molecule has 2 amide bonds. The highest BCUT2D eigenvalue weighted by Gasteiger charge is 2.37. The topological polar surface area (TPSA) is 52.7 Å². The smallest absolute Gasteiger partial charge is 0.242 e. The molecule has 5 nitrogen and oxygen atoms in total. The average Bonchev–Trinajstić information content (AvgIpc) is 2.82. The Labute approximate surface area is 121 Å². The minimum atomic E-state index is -0.260. The van der Waals surface area contributed by atoms with Crippen molar-refractivity contribution in [2.24, 2.45) is 0 Å². The summed E-state index contributed by atoms with van der Waals surface area (Å²) in [5.74, 6) is 0.123. The highest BCUT2D eigenvalue weighted by Crippen LogP contribution is 2.21. The maximum atomic E-state index is 12.2. The van der Waals surface area contributed by atoms with Gasteiger partial charge in [0, 0.05) is 25.6 Å². The predicted molar refractivity (Wildman–Crippen MR) is 78.3 cm³/mol. The van der Waals surface area contributed by atoms with Gasteiger partial charge in [-0.3, -0.25) is 9.59 Å². The molecule has 5 heteroatoms. The fourth-order valence-corrected chi connectivity index (χ4v) is 3.25. The largest absolute Gasteiger partial charge is 0.353 e. The lowest BCUT2D eigenvalue weighted by molar-refractivity contribution is -0.136. The molecule has 0 radical (unpaired) electrons. The van der Waals surface area contributed by atoms with Crippen molar-refractivity contribution < 1.29 is 9.59 Å². The van der Waals surface area contributed by atoms with Gasteiger partial charge in [-0.1, -0.05) is 6.42 Å². The van der Waals surface area contributed by atoms with Gasteiger partial charge in [-0.15, -0.1) is 0 Å². The lowest BCUT2D eigenvalue weighted by Crippen LogP contribution is -2.49. The van der Waals surface area contributed by atoms with Crippen molar-refractivity contribution in [3.05, 3.63) is 0 Å². The maximum Gasteiger partial charge on any atom is 0.242 e. The molecular weight excluding hydrogens is 254 g/mol. The minimum absolute atomic E-state index is 0.0153. The Morgan fingerprint density at radius 2 is 2.00 bits per heavy atom. The fraction of sp³-hybridized carbons (Fsp3) is 0.867. The number of carbonyl (C=O) groups is 2. The van der Waals surface area contributed by atoms with Gasteiger partial charge in [-0.25, -0.2) is 0 Å². The van der Waals surface area contributed by atoms with Gasteiger partial charge in [0.25, 0.3) is 0 Å². The first-order chi connectivity index (χ1) is 9.59. The SMILES string of the molecule is CC(C)N1C(=O)CCC1C(=O)NCCN1CCCCC1. The maximum absolute atomic E-state index is 12.2. The van der Waals surface area contributed by atoms with Crippen LogP contribution in [-0.2, 0) is 9.59 Å². The highest BCUT2D eigenvalue weighted by atomic mass is 16.2. The van der Waals surface area contributed by atoms with Crippen LogP contribution < -0.4 is 5.32 Å². The summed E-state index contributed by atoms with van der Waals surface area (Å²) in [6, 6.07) is -0.160. The summed E-state index contributed by atoms with van der Waals surface area (Å²) in [7, 11) is 0. The zero-order chi connectivity index (χ0) is 14.5. The van der Waals surface area contributed by atoms with E-state index >= 15 is 0 Å². The number of amides is 2. The molecule has 2 aliphatic heterocycles. The van der Waals surface area contributed by atoms with Crippen LogP contribution in [0.2, 0.25) is 0 Å². The summed E-state index contributed by atoms with van der Waals surface area (Å²) in [5.41, 5.74) is 0. The summed E-state index contributed by atoms with van der Waals surface area (Å²) in [4.78, 5) is 28.2. The van der Waals surface area contributed by atoms with Crippen LogP contribution in [0.5, 0.6) is 0 Å². The van der Waals surface area contributed by atoms with Crippen molar-refractivity contribution in [1.29, 1.82) is 0 Å². The van der Waals surface area contributed by atoms with Crippen LogP contribution in [0, 0.1) is 0 Å². The summed E-state index contributed by atoms with van der Waals surface area (Å²) < 4.78 is 0. The Bertz CT molecular complexity index is 351. The molecule has 2 fully saturated rings. The van der Waals surface area contributed by atoms with Gasteiger partial charge in [0.1, 0.15) is 6.04 Å². The number of nitrogens with one attached hydrogen (secondary N) is 1. The number of likely N-dealkylation sites (tertiary alicyclic amines) is 2. The van der Waals surface area contributed by atoms with Gasteiger partial charge < -0.3 is 15.1 Å². The van der Waals surface area contributed by atoms with E-state index in [0.29, 0.717) is 19.4 Å². The molecule has 0 aromatic heterocycles. The van der Waals surface area contributed by atoms with Crippen LogP contribution in [0.4, 0.5) is 0 Å². The van der Waals surface area contributed by atoms with Gasteiger partial charge in [0.2, 0.25) is 11.8 Å². The third kappa shape index (κ3) is 3.72. The van der Waals surface area contributed by atoms with Gasteiger partial charge in [0.05, 0.1) is 0 Å². The minimum Gasteiger partial charge on any atom is -0.353 e. The number of rotatable bonds is 5. The van der Waals surface area contributed by atoms with Crippen LogP contribution >= 0.6 is 0 Å². The quantitative estimate of drug-likeness (QED) is 0.817. The molecule has 0 aromatic carbocycles. The van der Waals surface area contributed by atoms with Crippen molar-refractivity contribution in [2.45, 2.75) is 58.0 Å². The van der Waals surface area contributed by atoms with Gasteiger partial charge in [-0.2, -0.15) is 0 Å². The van der Waals surface area contributed by atoms with E-state index in [2.05, 4.69) is 10.2 Å². The van der Waals surface area contributed by atoms with Crippen molar-refractivity contribution >= 4 is 11.8 Å². The first-order valence-corrected chi connectivity index (χ1v) is 7.91. The van der Waals surface area contributed by atoms with Gasteiger partial charge in [0.15, 0.2) is 0 Å². The van der Waals surface area contributed by atoms with Crippen LogP contribution in [0.15, 0.2) is 0 Å². The van der Waals surface area contributed by atoms with Crippen LogP contribution in [0.1, 0.15) is 46.0 Å². The molecule has 0 saturated carbocycles. The number of carbonyl (C=O) groups excluding carboxylic acids is 2. The Kier molecular flexibility index (Phi) is 5.40. The fourth-order valence-electron chi connectivity index (χ4n) is 3.25. The molecule has 0 aromatic rings. The first-order valence-electron chi connectivity index (χ1n) is 7.91. The summed E-state index contributed by atoms with van der Waals surface area (Å²) >= 11 is 0. The molecule has 20 heavy (non-hydrogen) atoms. The van der Waals surface area contributed by atoms with E-state index < -0.39 is 0 Å². The van der Waals surface area contributed by atoms with Crippen molar-refractivity contribution in [3.8, 4) is 0 Å². The van der Waals surface area contributed by atoms with E-state index in [1.54, 1.807) is 4.90 Å². The lowest BCUT2D eigenvalue weighted by atomic mass is 10.1. The van der Waals surface area contributed by atoms with Crippen molar-refractivity contribution in [1.82, 2.24) is 15.1 Å². The third-order valence-corrected chi connectivity index (χ3v) is 4.29. The zero-order valence-corrected chi connectivity index (χ0v) is 12.7. The molecule has 0 bridgehead atoms. The monoisotopic (exact) mass is 281 g/mol. The molecule has 2 heterocycles. The molecule has 1 atom stereocenters. The average molecular weight is 281 g/mol. The Balaban J connectivity index is 1.75. The summed E-state index contributed by atoms with van der Waals surface area (Å²) in [6.07, 6.45) is 5.03. The van der Waals surface area contributed by atoms with Crippen LogP contribution in [0.25, 0.3) is 0 Å². The number of hydrogen-bond donors (Lipinski definition) is 1. The van der Waals surface area contributed by atoms with E-state index in [4.69, 9.17) is 0 Å². The number of nitrogens with zero attached hydrogens (tertiary/aromatic N) is 2. The molecule has 2 saturated heterocycles. The molecule has 0 spiro atoms. The first kappa shape index (κ1) is 15.3. The second-order valence-electron chi connectivity index (χ2n) is 6.14. The standard InChI is InChI=1S/C15H27N3O2/c1-12(2)18-13(6-7-14(18)19)15(20)16-8-11-17-9-4-3-5-10-17/h12-13H,3-11H2,1-2H3,(H,16,20). The Morgan fingerprint density at radius 1 is 1.30 bits per heavy atom.